The van der Waals surface area contributed by atoms with Crippen LogP contribution < -0.4 is 4.74 Å². The third-order valence-corrected chi connectivity index (χ3v) is 3.11. The topological polar surface area (TPSA) is 14.2 Å². The van der Waals surface area contributed by atoms with Gasteiger partial charge in [0, 0.05) is 12.6 Å². The van der Waals surface area contributed by atoms with E-state index in [-0.39, 0.29) is 0 Å². The van der Waals surface area contributed by atoms with Crippen LogP contribution in [0.25, 0.3) is 11.3 Å². The number of ether oxygens (including phenoxy) is 1. The van der Waals surface area contributed by atoms with Gasteiger partial charge in [0.15, 0.2) is 0 Å². The Balaban J connectivity index is 2.67. The van der Waals surface area contributed by atoms with Crippen LogP contribution in [0.3, 0.4) is 0 Å². The molecule has 0 bridgehead atoms. The molecule has 0 aliphatic heterocycles. The van der Waals surface area contributed by atoms with Crippen LogP contribution in [0.15, 0.2) is 30.3 Å². The SMILES string of the molecule is COc1c(C)c(-c2ccccc2)n(C)c1C. The molecular formula is C14H17NO. The van der Waals surface area contributed by atoms with Gasteiger partial charge in [0.2, 0.25) is 0 Å². The predicted octanol–water partition coefficient (Wildman–Crippen LogP) is 3.32. The maximum Gasteiger partial charge on any atom is 0.142 e. The van der Waals surface area contributed by atoms with E-state index < -0.39 is 0 Å². The lowest BCUT2D eigenvalue weighted by atomic mass is 10.1. The molecule has 0 unspecified atom stereocenters. The van der Waals surface area contributed by atoms with Gasteiger partial charge in [0.1, 0.15) is 5.75 Å². The first kappa shape index (κ1) is 10.8. The van der Waals surface area contributed by atoms with Gasteiger partial charge in [-0.15, -0.1) is 0 Å². The molecule has 1 heterocycles. The summed E-state index contributed by atoms with van der Waals surface area (Å²) in [6, 6.07) is 10.4. The van der Waals surface area contributed by atoms with E-state index in [1.807, 2.05) is 6.07 Å². The average molecular weight is 215 g/mol. The Bertz CT molecular complexity index is 497. The number of aromatic nitrogens is 1. The van der Waals surface area contributed by atoms with E-state index in [4.69, 9.17) is 4.74 Å². The van der Waals surface area contributed by atoms with Crippen LogP contribution in [0.4, 0.5) is 0 Å². The summed E-state index contributed by atoms with van der Waals surface area (Å²) < 4.78 is 7.62. The lowest BCUT2D eigenvalue weighted by molar-refractivity contribution is 0.408. The lowest BCUT2D eigenvalue weighted by Crippen LogP contribution is -1.94. The second-order valence-electron chi connectivity index (χ2n) is 4.02. The fourth-order valence-corrected chi connectivity index (χ4v) is 2.26. The third kappa shape index (κ3) is 1.51. The van der Waals surface area contributed by atoms with Crippen molar-refractivity contribution in [1.82, 2.24) is 4.57 Å². The third-order valence-electron chi connectivity index (χ3n) is 3.11. The Morgan fingerprint density at radius 2 is 1.69 bits per heavy atom. The van der Waals surface area contributed by atoms with Crippen molar-refractivity contribution in [1.29, 1.82) is 0 Å². The number of rotatable bonds is 2. The van der Waals surface area contributed by atoms with Crippen LogP contribution in [0.5, 0.6) is 5.75 Å². The first-order chi connectivity index (χ1) is 7.66. The summed E-state index contributed by atoms with van der Waals surface area (Å²) in [5, 5.41) is 0. The molecule has 0 spiro atoms. The van der Waals surface area contributed by atoms with Crippen molar-refractivity contribution in [3.05, 3.63) is 41.6 Å². The van der Waals surface area contributed by atoms with Gasteiger partial charge in [-0.05, 0) is 19.4 Å². The van der Waals surface area contributed by atoms with Crippen molar-refractivity contribution in [2.24, 2.45) is 7.05 Å². The maximum absolute atomic E-state index is 5.44. The van der Waals surface area contributed by atoms with E-state index >= 15 is 0 Å². The van der Waals surface area contributed by atoms with Gasteiger partial charge in [-0.2, -0.15) is 0 Å². The van der Waals surface area contributed by atoms with Gasteiger partial charge < -0.3 is 9.30 Å². The van der Waals surface area contributed by atoms with Gasteiger partial charge in [0.05, 0.1) is 18.5 Å². The fourth-order valence-electron chi connectivity index (χ4n) is 2.26. The standard InChI is InChI=1S/C14H17NO/c1-10-13(12-8-6-5-7-9-12)15(3)11(2)14(10)16-4/h5-9H,1-4H3. The summed E-state index contributed by atoms with van der Waals surface area (Å²) in [4.78, 5) is 0. The number of benzene rings is 1. The molecular weight excluding hydrogens is 198 g/mol. The van der Waals surface area contributed by atoms with Crippen LogP contribution in [0, 0.1) is 13.8 Å². The average Bonchev–Trinajstić information content (AvgIpc) is 2.51. The molecule has 1 aromatic carbocycles. The molecule has 1 aromatic heterocycles. The molecule has 0 N–H and O–H groups in total. The predicted molar refractivity (Wildman–Crippen MR) is 66.9 cm³/mol. The van der Waals surface area contributed by atoms with Gasteiger partial charge >= 0.3 is 0 Å². The highest BCUT2D eigenvalue weighted by molar-refractivity contribution is 5.68. The van der Waals surface area contributed by atoms with Crippen molar-refractivity contribution < 1.29 is 4.74 Å². The Morgan fingerprint density at radius 1 is 1.06 bits per heavy atom. The zero-order valence-electron chi connectivity index (χ0n) is 10.2. The molecule has 0 atom stereocenters. The van der Waals surface area contributed by atoms with Crippen LogP contribution in [-0.4, -0.2) is 11.7 Å². The molecule has 0 aliphatic rings. The molecule has 16 heavy (non-hydrogen) atoms. The largest absolute Gasteiger partial charge is 0.495 e. The number of hydrogen-bond donors (Lipinski definition) is 0. The monoisotopic (exact) mass is 215 g/mol. The van der Waals surface area contributed by atoms with Gasteiger partial charge in [0.25, 0.3) is 0 Å². The molecule has 0 radical (unpaired) electrons. The summed E-state index contributed by atoms with van der Waals surface area (Å²) in [5.74, 6) is 0.987. The molecule has 0 amide bonds. The van der Waals surface area contributed by atoms with E-state index in [9.17, 15) is 0 Å². The minimum absolute atomic E-state index is 0.987. The molecule has 2 heteroatoms. The summed E-state index contributed by atoms with van der Waals surface area (Å²) in [6.07, 6.45) is 0. The molecule has 0 fully saturated rings. The van der Waals surface area contributed by atoms with E-state index in [1.54, 1.807) is 7.11 Å². The van der Waals surface area contributed by atoms with Crippen molar-refractivity contribution in [2.45, 2.75) is 13.8 Å². The first-order valence-corrected chi connectivity index (χ1v) is 5.42. The molecule has 2 nitrogen and oxygen atoms in total. The Labute approximate surface area is 96.5 Å². The van der Waals surface area contributed by atoms with Crippen molar-refractivity contribution in [2.75, 3.05) is 7.11 Å². The van der Waals surface area contributed by atoms with Gasteiger partial charge in [-0.25, -0.2) is 0 Å². The van der Waals surface area contributed by atoms with Crippen LogP contribution in [0.2, 0.25) is 0 Å². The minimum Gasteiger partial charge on any atom is -0.495 e. The summed E-state index contributed by atoms with van der Waals surface area (Å²) >= 11 is 0. The van der Waals surface area contributed by atoms with Crippen molar-refractivity contribution in [3.8, 4) is 17.0 Å². The normalized spacial score (nSPS) is 10.5. The summed E-state index contributed by atoms with van der Waals surface area (Å²) in [6.45, 7) is 4.19. The Kier molecular flexibility index (Phi) is 2.73. The maximum atomic E-state index is 5.44. The zero-order valence-corrected chi connectivity index (χ0v) is 10.2. The molecule has 2 rings (SSSR count). The van der Waals surface area contributed by atoms with Gasteiger partial charge in [-0.1, -0.05) is 30.3 Å². The highest BCUT2D eigenvalue weighted by Gasteiger charge is 2.16. The quantitative estimate of drug-likeness (QED) is 0.749. The van der Waals surface area contributed by atoms with E-state index in [2.05, 4.69) is 49.7 Å². The fraction of sp³-hybridized carbons (Fsp3) is 0.286. The van der Waals surface area contributed by atoms with Crippen LogP contribution in [0.1, 0.15) is 11.3 Å². The first-order valence-electron chi connectivity index (χ1n) is 5.42. The molecule has 0 saturated heterocycles. The highest BCUT2D eigenvalue weighted by atomic mass is 16.5. The van der Waals surface area contributed by atoms with Crippen LogP contribution >= 0.6 is 0 Å². The second-order valence-corrected chi connectivity index (χ2v) is 4.02. The molecule has 84 valence electrons. The number of hydrogen-bond acceptors (Lipinski definition) is 1. The second kappa shape index (κ2) is 4.05. The molecule has 0 aliphatic carbocycles. The van der Waals surface area contributed by atoms with Crippen LogP contribution in [-0.2, 0) is 7.05 Å². The number of nitrogens with zero attached hydrogens (tertiary/aromatic N) is 1. The van der Waals surface area contributed by atoms with Crippen molar-refractivity contribution in [3.63, 3.8) is 0 Å². The lowest BCUT2D eigenvalue weighted by Gasteiger charge is -2.05. The summed E-state index contributed by atoms with van der Waals surface area (Å²) in [5.41, 5.74) is 4.83. The van der Waals surface area contributed by atoms with E-state index in [0.29, 0.717) is 0 Å². The van der Waals surface area contributed by atoms with E-state index in [0.717, 1.165) is 5.75 Å². The molecule has 0 saturated carbocycles. The number of methoxy groups -OCH3 is 1. The zero-order chi connectivity index (χ0) is 11.7. The van der Waals surface area contributed by atoms with Crippen molar-refractivity contribution >= 4 is 0 Å². The highest BCUT2D eigenvalue weighted by Crippen LogP contribution is 2.34. The van der Waals surface area contributed by atoms with E-state index in [1.165, 1.54) is 22.5 Å². The van der Waals surface area contributed by atoms with Gasteiger partial charge in [-0.3, -0.25) is 0 Å². The molecule has 2 aromatic rings. The Morgan fingerprint density at radius 3 is 2.19 bits per heavy atom. The summed E-state index contributed by atoms with van der Waals surface area (Å²) in [7, 11) is 3.80. The smallest absolute Gasteiger partial charge is 0.142 e. The Hall–Kier alpha value is -1.70. The minimum atomic E-state index is 0.987.